The molecule has 0 aromatic rings. The highest BCUT2D eigenvalue weighted by Gasteiger charge is 2.16. The van der Waals surface area contributed by atoms with Crippen LogP contribution in [0.15, 0.2) is 0 Å². The van der Waals surface area contributed by atoms with Gasteiger partial charge in [0.05, 0.1) is 6.10 Å². The predicted molar refractivity (Wildman–Crippen MR) is 160 cm³/mol. The van der Waals surface area contributed by atoms with Gasteiger partial charge < -0.3 is 5.11 Å². The Hall–Kier alpha value is -0.0400. The van der Waals surface area contributed by atoms with Crippen molar-refractivity contribution < 1.29 is 5.11 Å². The minimum atomic E-state index is -0.0508. The molecular formula is C34H70O. The van der Waals surface area contributed by atoms with Crippen molar-refractivity contribution in [1.29, 1.82) is 0 Å². The summed E-state index contributed by atoms with van der Waals surface area (Å²) >= 11 is 0. The summed E-state index contributed by atoms with van der Waals surface area (Å²) in [4.78, 5) is 0. The molecule has 1 heteroatoms. The molecule has 0 bridgehead atoms. The van der Waals surface area contributed by atoms with Gasteiger partial charge in [0.2, 0.25) is 0 Å². The molecule has 1 N–H and O–H groups in total. The molecule has 0 aliphatic rings. The molecule has 0 fully saturated rings. The maximum atomic E-state index is 10.7. The van der Waals surface area contributed by atoms with Crippen LogP contribution in [0.2, 0.25) is 0 Å². The van der Waals surface area contributed by atoms with Crippen molar-refractivity contribution in [2.45, 2.75) is 213 Å². The zero-order valence-electron chi connectivity index (χ0n) is 25.1. The molecule has 0 aromatic carbocycles. The molecule has 0 radical (unpaired) electrons. The van der Waals surface area contributed by atoms with E-state index in [4.69, 9.17) is 0 Å². The Morgan fingerprint density at radius 1 is 0.343 bits per heavy atom. The fourth-order valence-corrected chi connectivity index (χ4v) is 5.70. The Balaban J connectivity index is 3.40. The Labute approximate surface area is 224 Å². The molecule has 0 aromatic heterocycles. The highest BCUT2D eigenvalue weighted by molar-refractivity contribution is 4.68. The van der Waals surface area contributed by atoms with Crippen molar-refractivity contribution in [3.8, 4) is 0 Å². The molecule has 212 valence electrons. The second kappa shape index (κ2) is 30.2. The summed E-state index contributed by atoms with van der Waals surface area (Å²) in [6.07, 6.45) is 40.1. The zero-order valence-corrected chi connectivity index (χ0v) is 25.1. The third-order valence-electron chi connectivity index (χ3n) is 8.35. The molecule has 0 heterocycles. The molecular weight excluding hydrogens is 424 g/mol. The van der Waals surface area contributed by atoms with E-state index in [0.29, 0.717) is 5.92 Å². The monoisotopic (exact) mass is 495 g/mol. The highest BCUT2D eigenvalue weighted by Crippen LogP contribution is 2.23. The van der Waals surface area contributed by atoms with Crippen LogP contribution in [0.25, 0.3) is 0 Å². The van der Waals surface area contributed by atoms with Crippen LogP contribution in [0, 0.1) is 5.92 Å². The van der Waals surface area contributed by atoms with Crippen molar-refractivity contribution in [3.63, 3.8) is 0 Å². The largest absolute Gasteiger partial charge is 0.393 e. The molecule has 0 amide bonds. The molecule has 0 saturated carbocycles. The molecule has 0 rings (SSSR count). The summed E-state index contributed by atoms with van der Waals surface area (Å²) in [6.45, 7) is 6.87. The van der Waals surface area contributed by atoms with E-state index in [1.807, 2.05) is 0 Å². The van der Waals surface area contributed by atoms with Crippen LogP contribution in [0.3, 0.4) is 0 Å². The SMILES string of the molecule is CCCCCCCCCCCCCCCCCC(O)C(CC)CCCCCCCCCCCCC. The van der Waals surface area contributed by atoms with Crippen LogP contribution in [-0.2, 0) is 0 Å². The fraction of sp³-hybridized carbons (Fsp3) is 1.00. The summed E-state index contributed by atoms with van der Waals surface area (Å²) in [5.74, 6) is 0.542. The molecule has 0 aliphatic heterocycles. The first-order valence-electron chi connectivity index (χ1n) is 16.9. The maximum Gasteiger partial charge on any atom is 0.0568 e. The lowest BCUT2D eigenvalue weighted by Gasteiger charge is -2.21. The Bertz CT molecular complexity index is 366. The van der Waals surface area contributed by atoms with Gasteiger partial charge in [-0.05, 0) is 18.8 Å². The zero-order chi connectivity index (χ0) is 25.7. The van der Waals surface area contributed by atoms with E-state index in [0.717, 1.165) is 12.8 Å². The predicted octanol–water partition coefficient (Wildman–Crippen LogP) is 12.3. The molecule has 0 saturated heterocycles. The summed E-state index contributed by atoms with van der Waals surface area (Å²) in [6, 6.07) is 0. The van der Waals surface area contributed by atoms with Crippen LogP contribution in [0.1, 0.15) is 207 Å². The van der Waals surface area contributed by atoms with E-state index in [1.54, 1.807) is 0 Å². The average Bonchev–Trinajstić information content (AvgIpc) is 2.87. The van der Waals surface area contributed by atoms with Gasteiger partial charge in [-0.1, -0.05) is 194 Å². The third kappa shape index (κ3) is 26.8. The number of hydrogen-bond acceptors (Lipinski definition) is 1. The first-order chi connectivity index (χ1) is 17.3. The first kappa shape index (κ1) is 35.0. The summed E-state index contributed by atoms with van der Waals surface area (Å²) in [7, 11) is 0. The topological polar surface area (TPSA) is 20.2 Å². The van der Waals surface area contributed by atoms with Crippen molar-refractivity contribution in [2.75, 3.05) is 0 Å². The number of aliphatic hydroxyl groups is 1. The van der Waals surface area contributed by atoms with Crippen molar-refractivity contribution >= 4 is 0 Å². The normalized spacial score (nSPS) is 13.4. The lowest BCUT2D eigenvalue weighted by molar-refractivity contribution is 0.0872. The summed E-state index contributed by atoms with van der Waals surface area (Å²) in [5.41, 5.74) is 0. The number of aliphatic hydroxyl groups excluding tert-OH is 1. The first-order valence-corrected chi connectivity index (χ1v) is 16.9. The van der Waals surface area contributed by atoms with Crippen LogP contribution in [0.5, 0.6) is 0 Å². The Morgan fingerprint density at radius 3 is 0.886 bits per heavy atom. The smallest absolute Gasteiger partial charge is 0.0568 e. The van der Waals surface area contributed by atoms with Gasteiger partial charge in [0, 0.05) is 0 Å². The van der Waals surface area contributed by atoms with E-state index in [1.165, 1.54) is 173 Å². The molecule has 0 aliphatic carbocycles. The van der Waals surface area contributed by atoms with E-state index in [9.17, 15) is 5.11 Å². The number of rotatable bonds is 30. The number of unbranched alkanes of at least 4 members (excludes halogenated alkanes) is 24. The maximum absolute atomic E-state index is 10.7. The number of hydrogen-bond donors (Lipinski definition) is 1. The minimum absolute atomic E-state index is 0.0508. The van der Waals surface area contributed by atoms with E-state index in [-0.39, 0.29) is 6.10 Å². The summed E-state index contributed by atoms with van der Waals surface area (Å²) in [5, 5.41) is 10.7. The summed E-state index contributed by atoms with van der Waals surface area (Å²) < 4.78 is 0. The van der Waals surface area contributed by atoms with Crippen molar-refractivity contribution in [3.05, 3.63) is 0 Å². The standard InChI is InChI=1S/C34H70O/c1-4-7-9-11-13-15-17-18-19-20-22-24-26-28-30-32-34(35)33(6-3)31-29-27-25-23-21-16-14-12-10-8-5-2/h33-35H,4-32H2,1-3H3. The minimum Gasteiger partial charge on any atom is -0.393 e. The van der Waals surface area contributed by atoms with Gasteiger partial charge in [-0.15, -0.1) is 0 Å². The lowest BCUT2D eigenvalue weighted by atomic mass is 9.89. The van der Waals surface area contributed by atoms with Gasteiger partial charge in [0.1, 0.15) is 0 Å². The highest BCUT2D eigenvalue weighted by atomic mass is 16.3. The second-order valence-corrected chi connectivity index (χ2v) is 11.8. The van der Waals surface area contributed by atoms with E-state index < -0.39 is 0 Å². The van der Waals surface area contributed by atoms with Gasteiger partial charge >= 0.3 is 0 Å². The second-order valence-electron chi connectivity index (χ2n) is 11.8. The van der Waals surface area contributed by atoms with E-state index >= 15 is 0 Å². The van der Waals surface area contributed by atoms with Crippen LogP contribution in [-0.4, -0.2) is 11.2 Å². The van der Waals surface area contributed by atoms with Gasteiger partial charge in [0.15, 0.2) is 0 Å². The molecule has 35 heavy (non-hydrogen) atoms. The fourth-order valence-electron chi connectivity index (χ4n) is 5.70. The van der Waals surface area contributed by atoms with Crippen molar-refractivity contribution in [2.24, 2.45) is 5.92 Å². The molecule has 2 atom stereocenters. The van der Waals surface area contributed by atoms with Gasteiger partial charge in [-0.2, -0.15) is 0 Å². The van der Waals surface area contributed by atoms with Gasteiger partial charge in [-0.25, -0.2) is 0 Å². The quantitative estimate of drug-likeness (QED) is 0.0984. The Morgan fingerprint density at radius 2 is 0.600 bits per heavy atom. The van der Waals surface area contributed by atoms with Gasteiger partial charge in [0.25, 0.3) is 0 Å². The van der Waals surface area contributed by atoms with Gasteiger partial charge in [-0.3, -0.25) is 0 Å². The average molecular weight is 495 g/mol. The van der Waals surface area contributed by atoms with Crippen LogP contribution >= 0.6 is 0 Å². The Kier molecular flexibility index (Phi) is 30.2. The lowest BCUT2D eigenvalue weighted by Crippen LogP contribution is -2.19. The van der Waals surface area contributed by atoms with E-state index in [2.05, 4.69) is 20.8 Å². The third-order valence-corrected chi connectivity index (χ3v) is 8.35. The molecule has 0 spiro atoms. The van der Waals surface area contributed by atoms with Crippen molar-refractivity contribution in [1.82, 2.24) is 0 Å². The molecule has 1 nitrogen and oxygen atoms in total. The molecule has 2 unspecified atom stereocenters. The van der Waals surface area contributed by atoms with Crippen LogP contribution in [0.4, 0.5) is 0 Å². The van der Waals surface area contributed by atoms with Crippen LogP contribution < -0.4 is 0 Å².